The van der Waals surface area contributed by atoms with Gasteiger partial charge < -0.3 is 0 Å². The molecule has 0 spiro atoms. The van der Waals surface area contributed by atoms with Crippen molar-refractivity contribution in [3.05, 3.63) is 29.3 Å². The summed E-state index contributed by atoms with van der Waals surface area (Å²) in [6, 6.07) is 3.67. The molecule has 1 aromatic carbocycles. The van der Waals surface area contributed by atoms with E-state index >= 15 is 0 Å². The molecule has 2 nitrogen and oxygen atoms in total. The first kappa shape index (κ1) is 8.97. The second kappa shape index (κ2) is 3.52. The maximum absolute atomic E-state index is 12.7. The molecule has 12 heavy (non-hydrogen) atoms. The van der Waals surface area contributed by atoms with E-state index in [1.165, 1.54) is 12.1 Å². The molecule has 1 rings (SSSR count). The maximum atomic E-state index is 12.7. The predicted octanol–water partition coefficient (Wildman–Crippen LogP) is 1.80. The summed E-state index contributed by atoms with van der Waals surface area (Å²) >= 11 is 0.763. The Balaban J connectivity index is 3.31. The SMILES string of the molecule is N#Cc1cc(SN)cc(F)c1F. The van der Waals surface area contributed by atoms with Gasteiger partial charge in [-0.25, -0.2) is 8.78 Å². The summed E-state index contributed by atoms with van der Waals surface area (Å²) in [5.41, 5.74) is -0.331. The van der Waals surface area contributed by atoms with Crippen molar-refractivity contribution in [3.8, 4) is 6.07 Å². The highest BCUT2D eigenvalue weighted by Crippen LogP contribution is 2.19. The van der Waals surface area contributed by atoms with Crippen LogP contribution in [0.15, 0.2) is 17.0 Å². The van der Waals surface area contributed by atoms with Gasteiger partial charge in [0.05, 0.1) is 5.56 Å². The van der Waals surface area contributed by atoms with E-state index in [0.29, 0.717) is 4.90 Å². The Kier molecular flexibility index (Phi) is 2.63. The lowest BCUT2D eigenvalue weighted by Gasteiger charge is -1.98. The molecule has 0 radical (unpaired) electrons. The standard InChI is InChI=1S/C7H4F2N2S/c8-6-2-5(12-11)1-4(3-10)7(6)9/h1-2H,11H2. The zero-order valence-electron chi connectivity index (χ0n) is 5.84. The highest BCUT2D eigenvalue weighted by molar-refractivity contribution is 7.97. The Hall–Kier alpha value is -1.12. The summed E-state index contributed by atoms with van der Waals surface area (Å²) in [5, 5.41) is 13.5. The van der Waals surface area contributed by atoms with E-state index < -0.39 is 11.6 Å². The molecule has 0 aliphatic heterocycles. The number of rotatable bonds is 1. The summed E-state index contributed by atoms with van der Waals surface area (Å²) in [6.45, 7) is 0. The molecule has 2 N–H and O–H groups in total. The van der Waals surface area contributed by atoms with Crippen molar-refractivity contribution in [1.82, 2.24) is 0 Å². The Morgan fingerprint density at radius 1 is 1.42 bits per heavy atom. The first-order chi connectivity index (χ1) is 5.69. The van der Waals surface area contributed by atoms with E-state index in [1.807, 2.05) is 0 Å². The molecule has 0 heterocycles. The Morgan fingerprint density at radius 3 is 2.58 bits per heavy atom. The number of halogens is 2. The fourth-order valence-corrected chi connectivity index (χ4v) is 1.07. The van der Waals surface area contributed by atoms with Crippen LogP contribution in [0.25, 0.3) is 0 Å². The molecule has 62 valence electrons. The minimum atomic E-state index is -1.13. The number of nitrogens with zero attached hydrogens (tertiary/aromatic N) is 1. The van der Waals surface area contributed by atoms with E-state index in [0.717, 1.165) is 18.0 Å². The van der Waals surface area contributed by atoms with Crippen LogP contribution >= 0.6 is 11.9 Å². The van der Waals surface area contributed by atoms with Gasteiger partial charge in [0.25, 0.3) is 0 Å². The summed E-state index contributed by atoms with van der Waals surface area (Å²) in [6.07, 6.45) is 0. The third-order valence-corrected chi connectivity index (χ3v) is 1.77. The molecule has 0 unspecified atom stereocenters. The van der Waals surface area contributed by atoms with Crippen LogP contribution in [-0.2, 0) is 0 Å². The summed E-state index contributed by atoms with van der Waals surface area (Å²) in [7, 11) is 0. The third-order valence-electron chi connectivity index (χ3n) is 1.26. The van der Waals surface area contributed by atoms with E-state index in [2.05, 4.69) is 0 Å². The van der Waals surface area contributed by atoms with Gasteiger partial charge in [-0.05, 0) is 24.1 Å². The lowest BCUT2D eigenvalue weighted by Crippen LogP contribution is -1.92. The van der Waals surface area contributed by atoms with Crippen molar-refractivity contribution < 1.29 is 8.78 Å². The van der Waals surface area contributed by atoms with Gasteiger partial charge in [0.15, 0.2) is 11.6 Å². The first-order valence-electron chi connectivity index (χ1n) is 2.95. The molecule has 5 heteroatoms. The normalized spacial score (nSPS) is 9.50. The van der Waals surface area contributed by atoms with Gasteiger partial charge in [-0.1, -0.05) is 0 Å². The van der Waals surface area contributed by atoms with Crippen molar-refractivity contribution in [2.45, 2.75) is 4.90 Å². The zero-order valence-corrected chi connectivity index (χ0v) is 6.66. The first-order valence-corrected chi connectivity index (χ1v) is 3.83. The van der Waals surface area contributed by atoms with Gasteiger partial charge in [0.1, 0.15) is 6.07 Å². The van der Waals surface area contributed by atoms with Crippen LogP contribution in [-0.4, -0.2) is 0 Å². The molecule has 0 aromatic heterocycles. The summed E-state index contributed by atoms with van der Waals surface area (Å²) in [4.78, 5) is 0.324. The number of hydrogen-bond acceptors (Lipinski definition) is 3. The molecular formula is C7H4F2N2S. The van der Waals surface area contributed by atoms with Crippen LogP contribution < -0.4 is 5.14 Å². The number of hydrogen-bond donors (Lipinski definition) is 1. The zero-order chi connectivity index (χ0) is 9.14. The monoisotopic (exact) mass is 186 g/mol. The van der Waals surface area contributed by atoms with E-state index in [1.54, 1.807) is 0 Å². The van der Waals surface area contributed by atoms with Crippen LogP contribution in [0.4, 0.5) is 8.78 Å². The molecule has 0 bridgehead atoms. The minimum absolute atomic E-state index is 0.324. The molecule has 0 aliphatic carbocycles. The van der Waals surface area contributed by atoms with Crippen LogP contribution in [0.2, 0.25) is 0 Å². The summed E-state index contributed by atoms with van der Waals surface area (Å²) in [5.74, 6) is -2.18. The molecule has 0 amide bonds. The van der Waals surface area contributed by atoms with Crippen molar-refractivity contribution >= 4 is 11.9 Å². The van der Waals surface area contributed by atoms with Crippen molar-refractivity contribution in [2.75, 3.05) is 0 Å². The van der Waals surface area contributed by atoms with Gasteiger partial charge in [-0.3, -0.25) is 5.14 Å². The van der Waals surface area contributed by atoms with E-state index in [-0.39, 0.29) is 5.56 Å². The third kappa shape index (κ3) is 1.55. The van der Waals surface area contributed by atoms with Crippen molar-refractivity contribution in [3.63, 3.8) is 0 Å². The largest absolute Gasteiger partial charge is 0.274 e. The molecular weight excluding hydrogens is 182 g/mol. The average Bonchev–Trinajstić information content (AvgIpc) is 2.09. The molecule has 0 aliphatic rings. The second-order valence-electron chi connectivity index (χ2n) is 2.00. The van der Waals surface area contributed by atoms with Crippen molar-refractivity contribution in [1.29, 1.82) is 5.26 Å². The van der Waals surface area contributed by atoms with Gasteiger partial charge >= 0.3 is 0 Å². The molecule has 0 fully saturated rings. The van der Waals surface area contributed by atoms with Crippen LogP contribution in [0.5, 0.6) is 0 Å². The van der Waals surface area contributed by atoms with Crippen molar-refractivity contribution in [2.24, 2.45) is 5.14 Å². The topological polar surface area (TPSA) is 49.8 Å². The van der Waals surface area contributed by atoms with Gasteiger partial charge in [0, 0.05) is 4.90 Å². The maximum Gasteiger partial charge on any atom is 0.176 e. The average molecular weight is 186 g/mol. The van der Waals surface area contributed by atoms with Gasteiger partial charge in [0.2, 0.25) is 0 Å². The van der Waals surface area contributed by atoms with E-state index in [4.69, 9.17) is 10.4 Å². The predicted molar refractivity (Wildman–Crippen MR) is 41.1 cm³/mol. The quantitative estimate of drug-likeness (QED) is 0.680. The highest BCUT2D eigenvalue weighted by Gasteiger charge is 2.09. The fraction of sp³-hybridized carbons (Fsp3) is 0. The molecule has 1 aromatic rings. The Labute approximate surface area is 72.1 Å². The lowest BCUT2D eigenvalue weighted by atomic mass is 10.2. The minimum Gasteiger partial charge on any atom is -0.274 e. The molecule has 0 atom stereocenters. The Bertz CT molecular complexity index is 346. The molecule has 0 saturated heterocycles. The van der Waals surface area contributed by atoms with Crippen LogP contribution in [0, 0.1) is 23.0 Å². The number of benzene rings is 1. The second-order valence-corrected chi connectivity index (χ2v) is 2.70. The Morgan fingerprint density at radius 2 is 2.08 bits per heavy atom. The van der Waals surface area contributed by atoms with Gasteiger partial charge in [-0.2, -0.15) is 5.26 Å². The van der Waals surface area contributed by atoms with Crippen LogP contribution in [0.1, 0.15) is 5.56 Å². The van der Waals surface area contributed by atoms with Crippen LogP contribution in [0.3, 0.4) is 0 Å². The van der Waals surface area contributed by atoms with Gasteiger partial charge in [-0.15, -0.1) is 0 Å². The molecule has 0 saturated carbocycles. The fourth-order valence-electron chi connectivity index (χ4n) is 0.714. The summed E-state index contributed by atoms with van der Waals surface area (Å²) < 4.78 is 25.3. The number of nitrogens with two attached hydrogens (primary N) is 1. The highest BCUT2D eigenvalue weighted by atomic mass is 32.2. The smallest absolute Gasteiger partial charge is 0.176 e. The lowest BCUT2D eigenvalue weighted by molar-refractivity contribution is 0.503. The van der Waals surface area contributed by atoms with E-state index in [9.17, 15) is 8.78 Å². The number of nitriles is 1.